The SMILES string of the molecule is CCCCCCCOC[C@@]12O[C@@H](CNCCN3CCCC3)[C@@H](OC(=O)Nc3ccccc3)[C@@H]1OC(C)(C)O2. The molecule has 9 nitrogen and oxygen atoms in total. The Kier molecular flexibility index (Phi) is 10.8. The molecule has 0 radical (unpaired) electrons. The second kappa shape index (κ2) is 14.1. The topological polar surface area (TPSA) is 90.5 Å². The number of likely N-dealkylation sites (tertiary alicyclic amines) is 1. The minimum Gasteiger partial charge on any atom is -0.440 e. The minimum atomic E-state index is -1.13. The first-order valence-corrected chi connectivity index (χ1v) is 14.5. The number of amides is 1. The summed E-state index contributed by atoms with van der Waals surface area (Å²) in [5.41, 5.74) is 0.665. The number of para-hydroxylation sites is 1. The third kappa shape index (κ3) is 8.13. The molecule has 0 unspecified atom stereocenters. The fraction of sp³-hybridized carbons (Fsp3) is 0.759. The number of nitrogens with one attached hydrogen (secondary N) is 2. The number of fused-ring (bicyclic) bond motifs is 1. The van der Waals surface area contributed by atoms with E-state index in [1.165, 1.54) is 32.1 Å². The highest BCUT2D eigenvalue weighted by molar-refractivity contribution is 5.84. The summed E-state index contributed by atoms with van der Waals surface area (Å²) >= 11 is 0. The van der Waals surface area contributed by atoms with Gasteiger partial charge in [-0.3, -0.25) is 5.32 Å². The van der Waals surface area contributed by atoms with Crippen molar-refractivity contribution in [3.63, 3.8) is 0 Å². The number of rotatable bonds is 15. The lowest BCUT2D eigenvalue weighted by Gasteiger charge is -2.29. The van der Waals surface area contributed by atoms with Crippen molar-refractivity contribution in [2.24, 2.45) is 0 Å². The number of unbranched alkanes of at least 4 members (excludes halogenated alkanes) is 4. The zero-order valence-electron chi connectivity index (χ0n) is 23.4. The van der Waals surface area contributed by atoms with Gasteiger partial charge in [0.25, 0.3) is 0 Å². The van der Waals surface area contributed by atoms with Crippen LogP contribution in [-0.2, 0) is 23.7 Å². The normalized spacial score (nSPS) is 28.4. The van der Waals surface area contributed by atoms with Gasteiger partial charge in [0.1, 0.15) is 12.7 Å². The molecule has 1 amide bonds. The Morgan fingerprint density at radius 3 is 2.61 bits per heavy atom. The van der Waals surface area contributed by atoms with Crippen LogP contribution in [0.15, 0.2) is 30.3 Å². The van der Waals surface area contributed by atoms with Crippen LogP contribution in [0, 0.1) is 0 Å². The summed E-state index contributed by atoms with van der Waals surface area (Å²) < 4.78 is 31.2. The summed E-state index contributed by atoms with van der Waals surface area (Å²) in [4.78, 5) is 15.4. The smallest absolute Gasteiger partial charge is 0.412 e. The van der Waals surface area contributed by atoms with Gasteiger partial charge >= 0.3 is 6.09 Å². The number of ether oxygens (including phenoxy) is 5. The Hall–Kier alpha value is -1.75. The summed E-state index contributed by atoms with van der Waals surface area (Å²) in [5, 5.41) is 6.31. The van der Waals surface area contributed by atoms with E-state index in [0.717, 1.165) is 39.0 Å². The van der Waals surface area contributed by atoms with Gasteiger partial charge in [0.05, 0.1) is 0 Å². The largest absolute Gasteiger partial charge is 0.440 e. The van der Waals surface area contributed by atoms with Gasteiger partial charge in [0, 0.05) is 31.9 Å². The molecule has 0 aliphatic carbocycles. The summed E-state index contributed by atoms with van der Waals surface area (Å²) in [6.45, 7) is 11.4. The molecule has 0 aromatic heterocycles. The summed E-state index contributed by atoms with van der Waals surface area (Å²) in [7, 11) is 0. The Balaban J connectivity index is 1.39. The number of carbonyl (C=O) groups excluding carboxylic acids is 1. The van der Waals surface area contributed by atoms with Crippen LogP contribution in [0.2, 0.25) is 0 Å². The van der Waals surface area contributed by atoms with Crippen molar-refractivity contribution in [2.45, 2.75) is 95.6 Å². The molecular formula is C29H47N3O6. The number of hydrogen-bond acceptors (Lipinski definition) is 8. The van der Waals surface area contributed by atoms with Crippen molar-refractivity contribution < 1.29 is 28.5 Å². The monoisotopic (exact) mass is 533 g/mol. The van der Waals surface area contributed by atoms with E-state index < -0.39 is 36.0 Å². The van der Waals surface area contributed by atoms with Crippen molar-refractivity contribution in [2.75, 3.05) is 51.3 Å². The van der Waals surface area contributed by atoms with Crippen LogP contribution in [0.25, 0.3) is 0 Å². The summed E-state index contributed by atoms with van der Waals surface area (Å²) in [6, 6.07) is 9.27. The maximum absolute atomic E-state index is 12.9. The molecule has 2 N–H and O–H groups in total. The standard InChI is InChI=1S/C29H47N3O6/c1-4-5-6-7-13-20-34-22-29-26(37-28(2,3)38-29)25(35-27(33)31-23-14-9-8-10-15-23)24(36-29)21-30-16-19-32-17-11-12-18-32/h8-10,14-15,24-26,30H,4-7,11-13,16-22H2,1-3H3,(H,31,33)/t24-,25+,26-,29-/m0/s1. The molecule has 4 atom stereocenters. The predicted octanol–water partition coefficient (Wildman–Crippen LogP) is 4.52. The highest BCUT2D eigenvalue weighted by Gasteiger charge is 2.66. The van der Waals surface area contributed by atoms with Crippen molar-refractivity contribution in [1.29, 1.82) is 0 Å². The van der Waals surface area contributed by atoms with Crippen LogP contribution in [0.3, 0.4) is 0 Å². The van der Waals surface area contributed by atoms with E-state index in [9.17, 15) is 4.79 Å². The van der Waals surface area contributed by atoms with Crippen LogP contribution in [-0.4, -0.2) is 86.8 Å². The second-order valence-corrected chi connectivity index (χ2v) is 11.1. The number of hydrogen-bond donors (Lipinski definition) is 2. The molecule has 4 rings (SSSR count). The molecule has 3 aliphatic rings. The van der Waals surface area contributed by atoms with E-state index in [0.29, 0.717) is 18.8 Å². The van der Waals surface area contributed by atoms with Crippen LogP contribution < -0.4 is 10.6 Å². The van der Waals surface area contributed by atoms with E-state index in [2.05, 4.69) is 22.5 Å². The van der Waals surface area contributed by atoms with Crippen LogP contribution in [0.1, 0.15) is 65.7 Å². The predicted molar refractivity (Wildman–Crippen MR) is 146 cm³/mol. The number of benzene rings is 1. The van der Waals surface area contributed by atoms with Crippen LogP contribution >= 0.6 is 0 Å². The van der Waals surface area contributed by atoms with Crippen LogP contribution in [0.5, 0.6) is 0 Å². The third-order valence-corrected chi connectivity index (χ3v) is 7.39. The molecular weight excluding hydrogens is 486 g/mol. The van der Waals surface area contributed by atoms with E-state index in [4.69, 9.17) is 23.7 Å². The first-order chi connectivity index (χ1) is 18.4. The Morgan fingerprint density at radius 2 is 1.84 bits per heavy atom. The van der Waals surface area contributed by atoms with Gasteiger partial charge in [0.15, 0.2) is 18.0 Å². The van der Waals surface area contributed by atoms with Crippen molar-refractivity contribution in [3.8, 4) is 0 Å². The first kappa shape index (κ1) is 29.2. The first-order valence-electron chi connectivity index (χ1n) is 14.5. The molecule has 214 valence electrons. The second-order valence-electron chi connectivity index (χ2n) is 11.1. The molecule has 0 saturated carbocycles. The molecule has 9 heteroatoms. The van der Waals surface area contributed by atoms with Gasteiger partial charge < -0.3 is 33.9 Å². The number of anilines is 1. The molecule has 3 aliphatic heterocycles. The van der Waals surface area contributed by atoms with E-state index >= 15 is 0 Å². The Labute approximate surface area is 227 Å². The zero-order valence-corrected chi connectivity index (χ0v) is 23.4. The average Bonchev–Trinajstić information content (AvgIpc) is 3.56. The molecule has 3 saturated heterocycles. The van der Waals surface area contributed by atoms with Crippen molar-refractivity contribution >= 4 is 11.8 Å². The highest BCUT2D eigenvalue weighted by atomic mass is 16.9. The Morgan fingerprint density at radius 1 is 1.08 bits per heavy atom. The maximum Gasteiger partial charge on any atom is 0.412 e. The lowest BCUT2D eigenvalue weighted by atomic mass is 10.1. The van der Waals surface area contributed by atoms with E-state index in [1.807, 2.05) is 44.2 Å². The lowest BCUT2D eigenvalue weighted by Crippen LogP contribution is -2.46. The summed E-state index contributed by atoms with van der Waals surface area (Å²) in [5.74, 6) is -2.02. The average molecular weight is 534 g/mol. The summed E-state index contributed by atoms with van der Waals surface area (Å²) in [6.07, 6.45) is 6.10. The van der Waals surface area contributed by atoms with Gasteiger partial charge in [0.2, 0.25) is 5.79 Å². The quantitative estimate of drug-likeness (QED) is 0.318. The van der Waals surface area contributed by atoms with E-state index in [1.54, 1.807) is 0 Å². The molecule has 1 aromatic rings. The van der Waals surface area contributed by atoms with Gasteiger partial charge in [-0.25, -0.2) is 4.79 Å². The van der Waals surface area contributed by atoms with Gasteiger partial charge in [-0.15, -0.1) is 0 Å². The van der Waals surface area contributed by atoms with Crippen molar-refractivity contribution in [1.82, 2.24) is 10.2 Å². The molecule has 3 heterocycles. The molecule has 0 spiro atoms. The van der Waals surface area contributed by atoms with Crippen molar-refractivity contribution in [3.05, 3.63) is 30.3 Å². The zero-order chi connectivity index (χ0) is 26.8. The van der Waals surface area contributed by atoms with Gasteiger partial charge in [-0.05, 0) is 58.3 Å². The Bertz CT molecular complexity index is 850. The van der Waals surface area contributed by atoms with Gasteiger partial charge in [-0.1, -0.05) is 50.8 Å². The van der Waals surface area contributed by atoms with Crippen LogP contribution in [0.4, 0.5) is 10.5 Å². The maximum atomic E-state index is 12.9. The third-order valence-electron chi connectivity index (χ3n) is 7.39. The molecule has 1 aromatic carbocycles. The number of nitrogens with zero attached hydrogens (tertiary/aromatic N) is 1. The van der Waals surface area contributed by atoms with Gasteiger partial charge in [-0.2, -0.15) is 0 Å². The molecule has 3 fully saturated rings. The molecule has 38 heavy (non-hydrogen) atoms. The minimum absolute atomic E-state index is 0.222. The molecule has 0 bridgehead atoms. The highest BCUT2D eigenvalue weighted by Crippen LogP contribution is 2.46. The fourth-order valence-electron chi connectivity index (χ4n) is 5.56. The van der Waals surface area contributed by atoms with E-state index in [-0.39, 0.29) is 6.61 Å². The number of carbonyl (C=O) groups is 1. The lowest BCUT2D eigenvalue weighted by molar-refractivity contribution is -0.277. The fourth-order valence-corrected chi connectivity index (χ4v) is 5.56.